The van der Waals surface area contributed by atoms with Crippen molar-refractivity contribution in [2.45, 2.75) is 45.7 Å². The molecule has 2 N–H and O–H groups in total. The molecule has 0 aliphatic carbocycles. The summed E-state index contributed by atoms with van der Waals surface area (Å²) in [6, 6.07) is 3.71. The maximum Gasteiger partial charge on any atom is 0.287 e. The van der Waals surface area contributed by atoms with Gasteiger partial charge in [-0.3, -0.25) is 14.6 Å². The highest BCUT2D eigenvalue weighted by atomic mass is 16.2. The molecule has 1 aliphatic rings. The van der Waals surface area contributed by atoms with Crippen molar-refractivity contribution in [3.05, 3.63) is 47.3 Å². The van der Waals surface area contributed by atoms with Crippen molar-refractivity contribution in [2.75, 3.05) is 6.54 Å². The van der Waals surface area contributed by atoms with Gasteiger partial charge in [-0.05, 0) is 43.4 Å². The van der Waals surface area contributed by atoms with E-state index in [0.717, 1.165) is 43.5 Å². The van der Waals surface area contributed by atoms with E-state index in [0.29, 0.717) is 24.6 Å². The molecule has 3 heterocycles. The Hall–Kier alpha value is -2.70. The van der Waals surface area contributed by atoms with Gasteiger partial charge in [-0.25, -0.2) is 4.98 Å². The number of rotatable bonds is 6. The van der Waals surface area contributed by atoms with Crippen LogP contribution in [0.4, 0.5) is 0 Å². The van der Waals surface area contributed by atoms with E-state index in [1.807, 2.05) is 23.6 Å². The quantitative estimate of drug-likeness (QED) is 0.837. The first-order valence-electron chi connectivity index (χ1n) is 8.75. The summed E-state index contributed by atoms with van der Waals surface area (Å²) in [4.78, 5) is 33.3. The monoisotopic (exact) mass is 341 g/mol. The molecule has 25 heavy (non-hydrogen) atoms. The summed E-state index contributed by atoms with van der Waals surface area (Å²) in [5, 5.41) is 5.73. The third-order valence-corrected chi connectivity index (χ3v) is 4.27. The molecule has 0 fully saturated rings. The Morgan fingerprint density at radius 2 is 1.96 bits per heavy atom. The van der Waals surface area contributed by atoms with Crippen LogP contribution in [0.15, 0.2) is 24.5 Å². The molecule has 1 aliphatic heterocycles. The highest BCUT2D eigenvalue weighted by Gasteiger charge is 2.27. The third-order valence-electron chi connectivity index (χ3n) is 4.27. The van der Waals surface area contributed by atoms with Crippen LogP contribution in [0.25, 0.3) is 0 Å². The molecule has 2 amide bonds. The highest BCUT2D eigenvalue weighted by molar-refractivity contribution is 5.97. The smallest absolute Gasteiger partial charge is 0.287 e. The fourth-order valence-electron chi connectivity index (χ4n) is 2.98. The van der Waals surface area contributed by atoms with E-state index in [9.17, 15) is 9.59 Å². The topological polar surface area (TPSA) is 88.9 Å². The fraction of sp³-hybridized carbons (Fsp3) is 0.444. The number of hydrogen-bond acceptors (Lipinski definition) is 4. The standard InChI is InChI=1S/C18H23N5O2/c1-2-8-20-18(25)16-22-15(14-5-3-4-11-23(14)16)17(24)21-12-13-6-9-19-10-7-13/h6-7,9-10H,2-5,8,11-12H2,1H3,(H,20,25)(H,21,24). The Bertz CT molecular complexity index is 754. The van der Waals surface area contributed by atoms with Gasteiger partial charge >= 0.3 is 0 Å². The van der Waals surface area contributed by atoms with Gasteiger partial charge in [0.2, 0.25) is 0 Å². The number of imidazole rings is 1. The number of nitrogens with zero attached hydrogens (tertiary/aromatic N) is 3. The predicted molar refractivity (Wildman–Crippen MR) is 93.2 cm³/mol. The van der Waals surface area contributed by atoms with E-state index in [-0.39, 0.29) is 11.8 Å². The average molecular weight is 341 g/mol. The number of hydrogen-bond donors (Lipinski definition) is 2. The molecule has 2 aromatic heterocycles. The van der Waals surface area contributed by atoms with Crippen LogP contribution in [0, 0.1) is 0 Å². The van der Waals surface area contributed by atoms with Crippen LogP contribution in [0.2, 0.25) is 0 Å². The predicted octanol–water partition coefficient (Wildman–Crippen LogP) is 1.68. The molecule has 0 radical (unpaired) electrons. The molecule has 0 spiro atoms. The van der Waals surface area contributed by atoms with Crippen LogP contribution in [0.5, 0.6) is 0 Å². The molecular weight excluding hydrogens is 318 g/mol. The number of aromatic nitrogens is 3. The van der Waals surface area contributed by atoms with Gasteiger partial charge in [-0.15, -0.1) is 0 Å². The molecule has 0 atom stereocenters. The van der Waals surface area contributed by atoms with Gasteiger partial charge in [-0.2, -0.15) is 0 Å². The lowest BCUT2D eigenvalue weighted by molar-refractivity contribution is 0.0937. The van der Waals surface area contributed by atoms with Gasteiger partial charge in [-0.1, -0.05) is 6.92 Å². The maximum absolute atomic E-state index is 12.6. The molecule has 0 bridgehead atoms. The number of amides is 2. The van der Waals surface area contributed by atoms with Gasteiger partial charge < -0.3 is 15.2 Å². The van der Waals surface area contributed by atoms with Crippen LogP contribution in [0.3, 0.4) is 0 Å². The first-order chi connectivity index (χ1) is 12.2. The summed E-state index contributed by atoms with van der Waals surface area (Å²) >= 11 is 0. The lowest BCUT2D eigenvalue weighted by Crippen LogP contribution is -2.28. The summed E-state index contributed by atoms with van der Waals surface area (Å²) in [5.74, 6) is -0.104. The number of pyridine rings is 1. The molecule has 3 rings (SSSR count). The van der Waals surface area contributed by atoms with E-state index >= 15 is 0 Å². The minimum atomic E-state index is -0.239. The number of fused-ring (bicyclic) bond motifs is 1. The van der Waals surface area contributed by atoms with E-state index in [1.54, 1.807) is 12.4 Å². The van der Waals surface area contributed by atoms with Crippen LogP contribution >= 0.6 is 0 Å². The fourth-order valence-corrected chi connectivity index (χ4v) is 2.98. The lowest BCUT2D eigenvalue weighted by Gasteiger charge is -2.17. The first-order valence-corrected chi connectivity index (χ1v) is 8.75. The van der Waals surface area contributed by atoms with Crippen molar-refractivity contribution >= 4 is 11.8 Å². The Balaban J connectivity index is 1.79. The molecule has 7 heteroatoms. The second kappa shape index (κ2) is 7.92. The Kier molecular flexibility index (Phi) is 5.42. The Morgan fingerprint density at radius 3 is 2.72 bits per heavy atom. The second-order valence-electron chi connectivity index (χ2n) is 6.13. The summed E-state index contributed by atoms with van der Waals surface area (Å²) in [5.41, 5.74) is 2.20. The average Bonchev–Trinajstić information content (AvgIpc) is 3.05. The zero-order valence-electron chi connectivity index (χ0n) is 14.4. The molecule has 0 unspecified atom stereocenters. The van der Waals surface area contributed by atoms with Crippen molar-refractivity contribution in [1.82, 2.24) is 25.2 Å². The van der Waals surface area contributed by atoms with Crippen molar-refractivity contribution in [3.8, 4) is 0 Å². The van der Waals surface area contributed by atoms with E-state index in [2.05, 4.69) is 20.6 Å². The summed E-state index contributed by atoms with van der Waals surface area (Å²) in [7, 11) is 0. The summed E-state index contributed by atoms with van der Waals surface area (Å²) < 4.78 is 1.90. The highest BCUT2D eigenvalue weighted by Crippen LogP contribution is 2.21. The number of carbonyl (C=O) groups excluding carboxylic acids is 2. The van der Waals surface area contributed by atoms with Crippen LogP contribution in [-0.2, 0) is 19.5 Å². The normalized spacial score (nSPS) is 13.2. The lowest BCUT2D eigenvalue weighted by atomic mass is 10.1. The van der Waals surface area contributed by atoms with Crippen LogP contribution in [-0.4, -0.2) is 32.9 Å². The van der Waals surface area contributed by atoms with Crippen molar-refractivity contribution < 1.29 is 9.59 Å². The molecular formula is C18H23N5O2. The number of nitrogens with one attached hydrogen (secondary N) is 2. The Labute approximate surface area is 146 Å². The van der Waals surface area contributed by atoms with Crippen molar-refractivity contribution in [2.24, 2.45) is 0 Å². The molecule has 0 saturated carbocycles. The SMILES string of the molecule is CCCNC(=O)c1nc(C(=O)NCc2ccncc2)c2n1CCCC2. The Morgan fingerprint density at radius 1 is 1.16 bits per heavy atom. The third kappa shape index (κ3) is 3.87. The maximum atomic E-state index is 12.6. The molecule has 0 aromatic carbocycles. The first kappa shape index (κ1) is 17.1. The minimum absolute atomic E-state index is 0.210. The van der Waals surface area contributed by atoms with Gasteiger partial charge in [0.25, 0.3) is 11.8 Å². The summed E-state index contributed by atoms with van der Waals surface area (Å²) in [6.07, 6.45) is 7.01. The molecule has 0 saturated heterocycles. The van der Waals surface area contributed by atoms with Crippen LogP contribution in [0.1, 0.15) is 58.6 Å². The van der Waals surface area contributed by atoms with Gasteiger partial charge in [0.05, 0.1) is 5.69 Å². The van der Waals surface area contributed by atoms with Crippen molar-refractivity contribution in [1.29, 1.82) is 0 Å². The minimum Gasteiger partial charge on any atom is -0.349 e. The van der Waals surface area contributed by atoms with Gasteiger partial charge in [0, 0.05) is 32.0 Å². The van der Waals surface area contributed by atoms with Gasteiger partial charge in [0.15, 0.2) is 5.82 Å². The molecule has 2 aromatic rings. The largest absolute Gasteiger partial charge is 0.349 e. The second-order valence-corrected chi connectivity index (χ2v) is 6.13. The van der Waals surface area contributed by atoms with Gasteiger partial charge in [0.1, 0.15) is 5.69 Å². The van der Waals surface area contributed by atoms with E-state index in [1.165, 1.54) is 0 Å². The molecule has 132 valence electrons. The van der Waals surface area contributed by atoms with E-state index < -0.39 is 0 Å². The molecule has 7 nitrogen and oxygen atoms in total. The number of carbonyl (C=O) groups is 2. The zero-order chi connectivity index (χ0) is 17.6. The summed E-state index contributed by atoms with van der Waals surface area (Å²) in [6.45, 7) is 3.74. The zero-order valence-corrected chi connectivity index (χ0v) is 14.4. The van der Waals surface area contributed by atoms with E-state index in [4.69, 9.17) is 0 Å². The van der Waals surface area contributed by atoms with Crippen molar-refractivity contribution in [3.63, 3.8) is 0 Å². The van der Waals surface area contributed by atoms with Crippen LogP contribution < -0.4 is 10.6 Å².